The van der Waals surface area contributed by atoms with Crippen molar-refractivity contribution in [3.8, 4) is 6.07 Å². The number of rotatable bonds is 5. The van der Waals surface area contributed by atoms with Crippen molar-refractivity contribution in [2.24, 2.45) is 5.41 Å². The van der Waals surface area contributed by atoms with Gasteiger partial charge in [0.25, 0.3) is 0 Å². The second-order valence-corrected chi connectivity index (χ2v) is 6.36. The van der Waals surface area contributed by atoms with E-state index in [-0.39, 0.29) is 24.1 Å². The lowest BCUT2D eigenvalue weighted by atomic mass is 9.94. The zero-order valence-electron chi connectivity index (χ0n) is 9.00. The van der Waals surface area contributed by atoms with Gasteiger partial charge < -0.3 is 0 Å². The standard InChI is InChI=1S/C9H18N2O2S/c1-9(2,3)5-8-14(12,13)11-7-4-6-10/h11H,4-5,7-8H2,1-3H3. The number of sulfonamides is 1. The van der Waals surface area contributed by atoms with Gasteiger partial charge in [-0.15, -0.1) is 0 Å². The fraction of sp³-hybridized carbons (Fsp3) is 0.889. The third-order valence-electron chi connectivity index (χ3n) is 1.68. The minimum atomic E-state index is -3.19. The fourth-order valence-electron chi connectivity index (χ4n) is 0.775. The van der Waals surface area contributed by atoms with Gasteiger partial charge in [-0.2, -0.15) is 5.26 Å². The van der Waals surface area contributed by atoms with Gasteiger partial charge in [0.1, 0.15) is 0 Å². The van der Waals surface area contributed by atoms with E-state index in [4.69, 9.17) is 5.26 Å². The van der Waals surface area contributed by atoms with Gasteiger partial charge in [0, 0.05) is 13.0 Å². The zero-order chi connectivity index (χ0) is 11.2. The molecule has 0 bridgehead atoms. The highest BCUT2D eigenvalue weighted by Gasteiger charge is 2.16. The second-order valence-electron chi connectivity index (χ2n) is 4.43. The third kappa shape index (κ3) is 8.02. The van der Waals surface area contributed by atoms with Gasteiger partial charge in [-0.1, -0.05) is 20.8 Å². The summed E-state index contributed by atoms with van der Waals surface area (Å²) in [5.74, 6) is 0.127. The number of nitrogens with zero attached hydrogens (tertiary/aromatic N) is 1. The van der Waals surface area contributed by atoms with Crippen molar-refractivity contribution in [2.75, 3.05) is 12.3 Å². The van der Waals surface area contributed by atoms with Crippen molar-refractivity contribution >= 4 is 10.0 Å². The van der Waals surface area contributed by atoms with E-state index < -0.39 is 10.0 Å². The molecule has 0 aliphatic rings. The number of hydrogen-bond donors (Lipinski definition) is 1. The van der Waals surface area contributed by atoms with Crippen LogP contribution in [0.4, 0.5) is 0 Å². The monoisotopic (exact) mass is 218 g/mol. The molecule has 0 spiro atoms. The SMILES string of the molecule is CC(C)(C)CCS(=O)(=O)NCCC#N. The van der Waals surface area contributed by atoms with Gasteiger partial charge >= 0.3 is 0 Å². The minimum absolute atomic E-state index is 0.0178. The Morgan fingerprint density at radius 2 is 1.93 bits per heavy atom. The largest absolute Gasteiger partial charge is 0.214 e. The van der Waals surface area contributed by atoms with E-state index in [1.807, 2.05) is 26.8 Å². The first-order valence-corrected chi connectivity index (χ1v) is 6.26. The molecule has 0 aliphatic heterocycles. The molecule has 5 heteroatoms. The van der Waals surface area contributed by atoms with Crippen LogP contribution in [0.1, 0.15) is 33.6 Å². The highest BCUT2D eigenvalue weighted by molar-refractivity contribution is 7.89. The molecule has 0 amide bonds. The van der Waals surface area contributed by atoms with E-state index in [1.165, 1.54) is 0 Å². The molecule has 1 N–H and O–H groups in total. The Morgan fingerprint density at radius 1 is 1.36 bits per heavy atom. The molecule has 0 rings (SSSR count). The van der Waals surface area contributed by atoms with E-state index in [0.29, 0.717) is 6.42 Å². The highest BCUT2D eigenvalue weighted by Crippen LogP contribution is 2.18. The molecule has 0 saturated carbocycles. The van der Waals surface area contributed by atoms with Gasteiger partial charge in [0.2, 0.25) is 10.0 Å². The maximum atomic E-state index is 11.3. The molecule has 0 aromatic carbocycles. The summed E-state index contributed by atoms with van der Waals surface area (Å²) in [5.41, 5.74) is 0.0178. The third-order valence-corrected chi connectivity index (χ3v) is 3.07. The number of hydrogen-bond acceptors (Lipinski definition) is 3. The van der Waals surface area contributed by atoms with Crippen LogP contribution in [0.2, 0.25) is 0 Å². The summed E-state index contributed by atoms with van der Waals surface area (Å²) in [6, 6.07) is 1.89. The maximum Gasteiger partial charge on any atom is 0.211 e. The first-order chi connectivity index (χ1) is 6.27. The lowest BCUT2D eigenvalue weighted by molar-refractivity contribution is 0.396. The smallest absolute Gasteiger partial charge is 0.211 e. The molecular formula is C9H18N2O2S. The molecule has 0 unspecified atom stereocenters. The van der Waals surface area contributed by atoms with Crippen LogP contribution < -0.4 is 4.72 Å². The molecule has 4 nitrogen and oxygen atoms in total. The lowest BCUT2D eigenvalue weighted by Gasteiger charge is -2.17. The van der Waals surface area contributed by atoms with Crippen molar-refractivity contribution in [2.45, 2.75) is 33.6 Å². The fourth-order valence-corrected chi connectivity index (χ4v) is 2.21. The van der Waals surface area contributed by atoms with E-state index >= 15 is 0 Å². The summed E-state index contributed by atoms with van der Waals surface area (Å²) in [5, 5.41) is 8.24. The molecule has 0 heterocycles. The molecular weight excluding hydrogens is 200 g/mol. The molecule has 0 aromatic heterocycles. The Kier molecular flexibility index (Phi) is 5.09. The molecule has 0 saturated heterocycles. The van der Waals surface area contributed by atoms with Gasteiger partial charge in [0.05, 0.1) is 11.8 Å². The topological polar surface area (TPSA) is 70.0 Å². The molecule has 0 fully saturated rings. The van der Waals surface area contributed by atoms with Crippen molar-refractivity contribution in [3.05, 3.63) is 0 Å². The zero-order valence-corrected chi connectivity index (χ0v) is 9.82. The Labute approximate surface area is 86.4 Å². The second kappa shape index (κ2) is 5.32. The number of nitrogens with one attached hydrogen (secondary N) is 1. The number of nitriles is 1. The van der Waals surface area contributed by atoms with Gasteiger partial charge in [-0.25, -0.2) is 13.1 Å². The van der Waals surface area contributed by atoms with Crippen LogP contribution in [0.3, 0.4) is 0 Å². The summed E-state index contributed by atoms with van der Waals surface area (Å²) in [7, 11) is -3.19. The average molecular weight is 218 g/mol. The van der Waals surface area contributed by atoms with Crippen LogP contribution in [-0.2, 0) is 10.0 Å². The van der Waals surface area contributed by atoms with E-state index in [2.05, 4.69) is 4.72 Å². The first kappa shape index (κ1) is 13.4. The van der Waals surface area contributed by atoms with E-state index in [0.717, 1.165) is 0 Å². The Hall–Kier alpha value is -0.600. The van der Waals surface area contributed by atoms with Crippen molar-refractivity contribution < 1.29 is 8.42 Å². The normalized spacial score (nSPS) is 12.4. The summed E-state index contributed by atoms with van der Waals surface area (Å²) in [6.45, 7) is 6.20. The van der Waals surface area contributed by atoms with E-state index in [1.54, 1.807) is 0 Å². The maximum absolute atomic E-state index is 11.3. The highest BCUT2D eigenvalue weighted by atomic mass is 32.2. The van der Waals surface area contributed by atoms with Gasteiger partial charge in [-0.3, -0.25) is 0 Å². The van der Waals surface area contributed by atoms with Crippen LogP contribution in [0.15, 0.2) is 0 Å². The lowest BCUT2D eigenvalue weighted by Crippen LogP contribution is -2.29. The average Bonchev–Trinajstić information content (AvgIpc) is 2.00. The van der Waals surface area contributed by atoms with Crippen LogP contribution in [0.25, 0.3) is 0 Å². The molecule has 0 aliphatic carbocycles. The Morgan fingerprint density at radius 3 is 2.36 bits per heavy atom. The van der Waals surface area contributed by atoms with Gasteiger partial charge in [0.15, 0.2) is 0 Å². The molecule has 0 radical (unpaired) electrons. The molecule has 82 valence electrons. The van der Waals surface area contributed by atoms with Crippen LogP contribution >= 0.6 is 0 Å². The summed E-state index contributed by atoms with van der Waals surface area (Å²) in [4.78, 5) is 0. The summed E-state index contributed by atoms with van der Waals surface area (Å²) in [6.07, 6.45) is 0.837. The van der Waals surface area contributed by atoms with Crippen molar-refractivity contribution in [1.29, 1.82) is 5.26 Å². The summed E-state index contributed by atoms with van der Waals surface area (Å²) < 4.78 is 25.0. The molecule has 14 heavy (non-hydrogen) atoms. The quantitative estimate of drug-likeness (QED) is 0.706. The van der Waals surface area contributed by atoms with Gasteiger partial charge in [-0.05, 0) is 11.8 Å². The Bertz CT molecular complexity index is 296. The van der Waals surface area contributed by atoms with E-state index in [9.17, 15) is 8.42 Å². The minimum Gasteiger partial charge on any atom is -0.214 e. The van der Waals surface area contributed by atoms with Crippen LogP contribution in [0.5, 0.6) is 0 Å². The van der Waals surface area contributed by atoms with Crippen LogP contribution in [0, 0.1) is 16.7 Å². The first-order valence-electron chi connectivity index (χ1n) is 4.61. The predicted molar refractivity (Wildman–Crippen MR) is 56.1 cm³/mol. The van der Waals surface area contributed by atoms with Crippen molar-refractivity contribution in [3.63, 3.8) is 0 Å². The van der Waals surface area contributed by atoms with Crippen LogP contribution in [-0.4, -0.2) is 20.7 Å². The van der Waals surface area contributed by atoms with Crippen molar-refractivity contribution in [1.82, 2.24) is 4.72 Å². The predicted octanol–water partition coefficient (Wildman–Crippen LogP) is 1.26. The molecule has 0 atom stereocenters. The summed E-state index contributed by atoms with van der Waals surface area (Å²) >= 11 is 0. The Balaban J connectivity index is 3.92. The molecule has 0 aromatic rings.